The molecule has 0 amide bonds. The van der Waals surface area contributed by atoms with Crippen molar-refractivity contribution in [3.05, 3.63) is 12.2 Å². The summed E-state index contributed by atoms with van der Waals surface area (Å²) in [5.41, 5.74) is 0. The van der Waals surface area contributed by atoms with Gasteiger partial charge in [-0.25, -0.2) is 0 Å². The van der Waals surface area contributed by atoms with Crippen LogP contribution in [0.2, 0.25) is 0 Å². The SMILES string of the molecule is CCCCCCCCCCCC=CC(C)(Br)CBr. The van der Waals surface area contributed by atoms with Crippen molar-refractivity contribution in [3.63, 3.8) is 0 Å². The van der Waals surface area contributed by atoms with Crippen LogP contribution in [0.3, 0.4) is 0 Å². The minimum atomic E-state index is 0.131. The fraction of sp³-hybridized carbons (Fsp3) is 0.875. The summed E-state index contributed by atoms with van der Waals surface area (Å²) in [5.74, 6) is 0. The first kappa shape index (κ1) is 18.7. The Morgan fingerprint density at radius 1 is 0.889 bits per heavy atom. The number of halogens is 2. The lowest BCUT2D eigenvalue weighted by Crippen LogP contribution is -2.12. The zero-order chi connectivity index (χ0) is 13.7. The largest absolute Gasteiger partial charge is 0.0910 e. The van der Waals surface area contributed by atoms with Crippen molar-refractivity contribution in [1.29, 1.82) is 0 Å². The van der Waals surface area contributed by atoms with Gasteiger partial charge >= 0.3 is 0 Å². The number of allylic oxidation sites excluding steroid dienone is 2. The van der Waals surface area contributed by atoms with Crippen LogP contribution >= 0.6 is 31.9 Å². The Morgan fingerprint density at radius 3 is 1.89 bits per heavy atom. The molecule has 0 rings (SSSR count). The standard InChI is InChI=1S/C16H30Br2/c1-3-4-5-6-7-8-9-10-11-12-13-14-16(2,18)15-17/h13-14H,3-12,15H2,1-2H3. The van der Waals surface area contributed by atoms with Gasteiger partial charge in [0.25, 0.3) is 0 Å². The summed E-state index contributed by atoms with van der Waals surface area (Å²) < 4.78 is 0.131. The van der Waals surface area contributed by atoms with Crippen LogP contribution in [-0.4, -0.2) is 9.65 Å². The third-order valence-electron chi connectivity index (χ3n) is 3.20. The summed E-state index contributed by atoms with van der Waals surface area (Å²) in [6, 6.07) is 0. The molecule has 0 aromatic heterocycles. The Hall–Kier alpha value is 0.700. The molecule has 0 aliphatic carbocycles. The highest BCUT2D eigenvalue weighted by atomic mass is 79.9. The number of rotatable bonds is 12. The van der Waals surface area contributed by atoms with E-state index in [1.54, 1.807) is 0 Å². The number of unbranched alkanes of at least 4 members (excludes halogenated alkanes) is 9. The highest BCUT2D eigenvalue weighted by Crippen LogP contribution is 2.22. The number of alkyl halides is 2. The molecule has 1 atom stereocenters. The Bertz CT molecular complexity index is 197. The summed E-state index contributed by atoms with van der Waals surface area (Å²) in [6.07, 6.45) is 18.5. The molecular formula is C16H30Br2. The third-order valence-corrected chi connectivity index (χ3v) is 5.66. The van der Waals surface area contributed by atoms with Crippen molar-refractivity contribution in [1.82, 2.24) is 0 Å². The summed E-state index contributed by atoms with van der Waals surface area (Å²) in [6.45, 7) is 4.47. The van der Waals surface area contributed by atoms with Crippen molar-refractivity contribution < 1.29 is 0 Å². The minimum absolute atomic E-state index is 0.131. The van der Waals surface area contributed by atoms with Gasteiger partial charge in [0.2, 0.25) is 0 Å². The predicted octanol–water partition coefficient (Wildman–Crippen LogP) is 7.01. The normalized spacial score (nSPS) is 15.1. The maximum Gasteiger partial charge on any atom is 0.0505 e. The second-order valence-corrected chi connectivity index (χ2v) is 7.80. The molecule has 0 bridgehead atoms. The molecule has 18 heavy (non-hydrogen) atoms. The Labute approximate surface area is 131 Å². The quantitative estimate of drug-likeness (QED) is 0.193. The molecule has 0 fully saturated rings. The zero-order valence-corrected chi connectivity index (χ0v) is 15.4. The van der Waals surface area contributed by atoms with E-state index in [0.717, 1.165) is 5.33 Å². The smallest absolute Gasteiger partial charge is 0.0505 e. The number of hydrogen-bond acceptors (Lipinski definition) is 0. The fourth-order valence-corrected chi connectivity index (χ4v) is 2.32. The number of hydrogen-bond donors (Lipinski definition) is 0. The lowest BCUT2D eigenvalue weighted by atomic mass is 10.1. The van der Waals surface area contributed by atoms with E-state index in [9.17, 15) is 0 Å². The molecular weight excluding hydrogens is 352 g/mol. The van der Waals surface area contributed by atoms with Gasteiger partial charge in [0.1, 0.15) is 0 Å². The fourth-order valence-electron chi connectivity index (χ4n) is 1.95. The van der Waals surface area contributed by atoms with E-state index < -0.39 is 0 Å². The van der Waals surface area contributed by atoms with Crippen molar-refractivity contribution in [3.8, 4) is 0 Å². The molecule has 0 aromatic rings. The molecule has 108 valence electrons. The highest BCUT2D eigenvalue weighted by Gasteiger charge is 2.12. The Kier molecular flexibility index (Phi) is 13.2. The van der Waals surface area contributed by atoms with Crippen LogP contribution in [0, 0.1) is 0 Å². The molecule has 0 nitrogen and oxygen atoms in total. The summed E-state index contributed by atoms with van der Waals surface area (Å²) in [5, 5.41) is 0.967. The van der Waals surface area contributed by atoms with Crippen LogP contribution in [0.25, 0.3) is 0 Å². The van der Waals surface area contributed by atoms with Gasteiger partial charge in [-0.2, -0.15) is 0 Å². The van der Waals surface area contributed by atoms with Gasteiger partial charge in [-0.05, 0) is 19.8 Å². The van der Waals surface area contributed by atoms with Crippen molar-refractivity contribution in [2.75, 3.05) is 5.33 Å². The summed E-state index contributed by atoms with van der Waals surface area (Å²) in [7, 11) is 0. The monoisotopic (exact) mass is 380 g/mol. The third kappa shape index (κ3) is 13.1. The molecule has 0 aliphatic heterocycles. The van der Waals surface area contributed by atoms with Crippen molar-refractivity contribution in [2.45, 2.75) is 82.4 Å². The van der Waals surface area contributed by atoms with Crippen LogP contribution in [0.5, 0.6) is 0 Å². The van der Waals surface area contributed by atoms with Gasteiger partial charge in [0.05, 0.1) is 4.32 Å². The van der Waals surface area contributed by atoms with Crippen LogP contribution in [0.4, 0.5) is 0 Å². The molecule has 2 heteroatoms. The minimum Gasteiger partial charge on any atom is -0.0910 e. The molecule has 0 N–H and O–H groups in total. The van der Waals surface area contributed by atoms with E-state index in [0.29, 0.717) is 0 Å². The molecule has 0 saturated heterocycles. The first-order chi connectivity index (χ1) is 8.62. The van der Waals surface area contributed by atoms with Gasteiger partial charge in [0.15, 0.2) is 0 Å². The second kappa shape index (κ2) is 12.7. The maximum atomic E-state index is 3.67. The lowest BCUT2D eigenvalue weighted by molar-refractivity contribution is 0.566. The first-order valence-corrected chi connectivity index (χ1v) is 9.46. The van der Waals surface area contributed by atoms with Crippen molar-refractivity contribution in [2.24, 2.45) is 0 Å². The molecule has 0 heterocycles. The lowest BCUT2D eigenvalue weighted by Gasteiger charge is -2.12. The van der Waals surface area contributed by atoms with Gasteiger partial charge in [-0.3, -0.25) is 0 Å². The molecule has 1 unspecified atom stereocenters. The average Bonchev–Trinajstić information content (AvgIpc) is 2.36. The van der Waals surface area contributed by atoms with Gasteiger partial charge < -0.3 is 0 Å². The van der Waals surface area contributed by atoms with Crippen LogP contribution < -0.4 is 0 Å². The average molecular weight is 382 g/mol. The second-order valence-electron chi connectivity index (χ2n) is 5.43. The first-order valence-electron chi connectivity index (χ1n) is 7.55. The maximum absolute atomic E-state index is 3.67. The Morgan fingerprint density at radius 2 is 1.39 bits per heavy atom. The summed E-state index contributed by atoms with van der Waals surface area (Å²) >= 11 is 7.17. The van der Waals surface area contributed by atoms with Gasteiger partial charge in [-0.15, -0.1) is 0 Å². The van der Waals surface area contributed by atoms with Crippen LogP contribution in [-0.2, 0) is 0 Å². The van der Waals surface area contributed by atoms with E-state index in [1.165, 1.54) is 64.2 Å². The van der Waals surface area contributed by atoms with E-state index in [-0.39, 0.29) is 4.32 Å². The van der Waals surface area contributed by atoms with Gasteiger partial charge in [0, 0.05) is 5.33 Å². The molecule has 0 radical (unpaired) electrons. The molecule has 0 aromatic carbocycles. The van der Waals surface area contributed by atoms with Crippen LogP contribution in [0.15, 0.2) is 12.2 Å². The Balaban J connectivity index is 3.21. The highest BCUT2D eigenvalue weighted by molar-refractivity contribution is 9.12. The molecule has 0 saturated carbocycles. The van der Waals surface area contributed by atoms with E-state index in [1.807, 2.05) is 0 Å². The topological polar surface area (TPSA) is 0 Å². The molecule has 0 spiro atoms. The van der Waals surface area contributed by atoms with E-state index in [2.05, 4.69) is 57.9 Å². The molecule has 0 aliphatic rings. The van der Waals surface area contributed by atoms with E-state index >= 15 is 0 Å². The van der Waals surface area contributed by atoms with Gasteiger partial charge in [-0.1, -0.05) is 102 Å². The van der Waals surface area contributed by atoms with Crippen LogP contribution in [0.1, 0.15) is 78.1 Å². The summed E-state index contributed by atoms with van der Waals surface area (Å²) in [4.78, 5) is 0. The predicted molar refractivity (Wildman–Crippen MR) is 92.1 cm³/mol. The van der Waals surface area contributed by atoms with E-state index in [4.69, 9.17) is 0 Å². The zero-order valence-electron chi connectivity index (χ0n) is 12.2. The van der Waals surface area contributed by atoms with Crippen molar-refractivity contribution >= 4 is 31.9 Å².